The molecule has 2 bridgehead atoms. The van der Waals surface area contributed by atoms with Crippen molar-refractivity contribution in [1.82, 2.24) is 20.1 Å². The maximum absolute atomic E-state index is 12.8. The third kappa shape index (κ3) is 7.04. The first kappa shape index (κ1) is 28.8. The second-order valence-electron chi connectivity index (χ2n) is 11.1. The van der Waals surface area contributed by atoms with E-state index in [2.05, 4.69) is 29.2 Å². The lowest BCUT2D eigenvalue weighted by atomic mass is 9.95. The van der Waals surface area contributed by atoms with Gasteiger partial charge in [-0.05, 0) is 63.1 Å². The number of carbonyl (C=O) groups is 1. The Morgan fingerprint density at radius 1 is 1.00 bits per heavy atom. The predicted octanol–water partition coefficient (Wildman–Crippen LogP) is 4.19. The third-order valence-electron chi connectivity index (χ3n) is 8.01. The van der Waals surface area contributed by atoms with Gasteiger partial charge in [-0.3, -0.25) is 4.79 Å². The molecule has 3 saturated heterocycles. The van der Waals surface area contributed by atoms with Crippen LogP contribution < -0.4 is 16.0 Å². The number of anilines is 1. The van der Waals surface area contributed by atoms with Crippen molar-refractivity contribution < 1.29 is 14.3 Å². The van der Waals surface area contributed by atoms with Crippen LogP contribution in [0.25, 0.3) is 11.0 Å². The lowest BCUT2D eigenvalue weighted by Gasteiger charge is -2.35. The summed E-state index contributed by atoms with van der Waals surface area (Å²) in [4.78, 5) is 20.1. The van der Waals surface area contributed by atoms with Crippen molar-refractivity contribution in [3.63, 3.8) is 0 Å². The highest BCUT2D eigenvalue weighted by molar-refractivity contribution is 6.04. The molecule has 9 nitrogen and oxygen atoms in total. The van der Waals surface area contributed by atoms with Crippen LogP contribution in [0.4, 0.5) is 5.82 Å². The molecule has 5 heterocycles. The van der Waals surface area contributed by atoms with Gasteiger partial charge in [-0.15, -0.1) is 0 Å². The molecule has 3 N–H and O–H groups in total. The van der Waals surface area contributed by atoms with E-state index in [1.54, 1.807) is 4.68 Å². The zero-order valence-electron chi connectivity index (χ0n) is 23.7. The van der Waals surface area contributed by atoms with Gasteiger partial charge in [0.15, 0.2) is 11.3 Å². The molecule has 2 aromatic rings. The van der Waals surface area contributed by atoms with Gasteiger partial charge < -0.3 is 25.4 Å². The molecule has 0 spiro atoms. The predicted molar refractivity (Wildman–Crippen MR) is 152 cm³/mol. The number of morpholine rings is 1. The lowest BCUT2D eigenvalue weighted by Crippen LogP contribution is -2.46. The average molecular weight is 529 g/mol. The van der Waals surface area contributed by atoms with Crippen molar-refractivity contribution in [2.24, 2.45) is 18.7 Å². The van der Waals surface area contributed by atoms with Crippen molar-refractivity contribution in [2.45, 2.75) is 96.2 Å². The molecule has 1 amide bonds. The second-order valence-corrected chi connectivity index (χ2v) is 11.1. The minimum atomic E-state index is -0.0755. The normalized spacial score (nSPS) is 23.8. The molecule has 6 rings (SSSR count). The summed E-state index contributed by atoms with van der Waals surface area (Å²) >= 11 is 0. The highest BCUT2D eigenvalue weighted by Gasteiger charge is 2.38. The summed E-state index contributed by atoms with van der Waals surface area (Å²) in [5.41, 5.74) is 6.71. The lowest BCUT2D eigenvalue weighted by molar-refractivity contribution is 0.0688. The van der Waals surface area contributed by atoms with E-state index < -0.39 is 0 Å². The highest BCUT2D eigenvalue weighted by atomic mass is 16.5. The number of ether oxygens (including phenoxy) is 2. The van der Waals surface area contributed by atoms with Crippen LogP contribution in [0.3, 0.4) is 0 Å². The van der Waals surface area contributed by atoms with Crippen LogP contribution in [0.2, 0.25) is 0 Å². The SMILES string of the molecule is CCC.Cn1nc(C(=O)NC2CCCCC2)c2ccc(N3C4CCC3COC4)nc21.NCC1CCOCC1. The molecule has 3 aliphatic heterocycles. The van der Waals surface area contributed by atoms with E-state index in [0.717, 1.165) is 94.3 Å². The van der Waals surface area contributed by atoms with E-state index in [0.29, 0.717) is 17.8 Å². The Balaban J connectivity index is 0.000000258. The Morgan fingerprint density at radius 3 is 2.26 bits per heavy atom. The van der Waals surface area contributed by atoms with E-state index >= 15 is 0 Å². The van der Waals surface area contributed by atoms with E-state index in [1.807, 2.05) is 19.2 Å². The molecule has 38 heavy (non-hydrogen) atoms. The molecule has 1 saturated carbocycles. The fraction of sp³-hybridized carbons (Fsp3) is 0.759. The quantitative estimate of drug-likeness (QED) is 0.613. The van der Waals surface area contributed by atoms with Crippen LogP contribution in [0.5, 0.6) is 0 Å². The summed E-state index contributed by atoms with van der Waals surface area (Å²) in [7, 11) is 1.87. The Kier molecular flexibility index (Phi) is 10.8. The van der Waals surface area contributed by atoms with Crippen LogP contribution in [0.15, 0.2) is 12.1 Å². The Hall–Kier alpha value is -2.23. The monoisotopic (exact) mass is 528 g/mol. The van der Waals surface area contributed by atoms with Gasteiger partial charge in [-0.2, -0.15) is 5.10 Å². The van der Waals surface area contributed by atoms with Gasteiger partial charge in [0, 0.05) is 26.3 Å². The molecule has 2 atom stereocenters. The number of aryl methyl sites for hydroxylation is 1. The van der Waals surface area contributed by atoms with Crippen LogP contribution in [0.1, 0.15) is 88.5 Å². The first-order chi connectivity index (χ1) is 18.5. The summed E-state index contributed by atoms with van der Waals surface area (Å²) in [5, 5.41) is 8.50. The molecule has 1 aliphatic carbocycles. The zero-order chi connectivity index (χ0) is 26.9. The van der Waals surface area contributed by atoms with Crippen LogP contribution >= 0.6 is 0 Å². The number of nitrogens with two attached hydrogens (primary N) is 1. The van der Waals surface area contributed by atoms with Crippen LogP contribution in [-0.2, 0) is 16.5 Å². The van der Waals surface area contributed by atoms with Gasteiger partial charge in [-0.1, -0.05) is 39.5 Å². The number of fused-ring (bicyclic) bond motifs is 3. The summed E-state index contributed by atoms with van der Waals surface area (Å²) in [6.45, 7) is 8.47. The summed E-state index contributed by atoms with van der Waals surface area (Å²) in [6, 6.07) is 5.15. The number of pyridine rings is 1. The van der Waals surface area contributed by atoms with Gasteiger partial charge in [0.1, 0.15) is 5.82 Å². The fourth-order valence-electron chi connectivity index (χ4n) is 5.92. The topological polar surface area (TPSA) is 108 Å². The molecule has 212 valence electrons. The van der Waals surface area contributed by atoms with Crippen molar-refractivity contribution >= 4 is 22.8 Å². The van der Waals surface area contributed by atoms with Gasteiger partial charge in [0.2, 0.25) is 0 Å². The Morgan fingerprint density at radius 2 is 1.66 bits per heavy atom. The minimum absolute atomic E-state index is 0.0755. The minimum Gasteiger partial charge on any atom is -0.381 e. The average Bonchev–Trinajstić information content (AvgIpc) is 3.41. The van der Waals surface area contributed by atoms with Crippen LogP contribution in [-0.4, -0.2) is 71.8 Å². The van der Waals surface area contributed by atoms with Crippen molar-refractivity contribution in [2.75, 3.05) is 37.9 Å². The van der Waals surface area contributed by atoms with Gasteiger partial charge in [0.25, 0.3) is 5.91 Å². The van der Waals surface area contributed by atoms with Crippen molar-refractivity contribution in [3.8, 4) is 0 Å². The summed E-state index contributed by atoms with van der Waals surface area (Å²) < 4.78 is 12.6. The van der Waals surface area contributed by atoms with E-state index in [1.165, 1.54) is 25.7 Å². The zero-order valence-corrected chi connectivity index (χ0v) is 23.7. The summed E-state index contributed by atoms with van der Waals surface area (Å²) in [5.74, 6) is 1.64. The number of hydrogen-bond acceptors (Lipinski definition) is 7. The first-order valence-electron chi connectivity index (χ1n) is 14.8. The van der Waals surface area contributed by atoms with E-state index in [4.69, 9.17) is 20.2 Å². The second kappa shape index (κ2) is 14.2. The molecule has 0 aromatic carbocycles. The number of hydrogen-bond donors (Lipinski definition) is 2. The first-order valence-corrected chi connectivity index (χ1v) is 14.8. The van der Waals surface area contributed by atoms with Crippen molar-refractivity contribution in [1.29, 1.82) is 0 Å². The fourth-order valence-corrected chi connectivity index (χ4v) is 5.92. The number of carbonyl (C=O) groups excluding carboxylic acids is 1. The maximum Gasteiger partial charge on any atom is 0.272 e. The standard InChI is InChI=1S/C20H27N5O2.C6H13NO.C3H8/c1-24-19-16(18(23-24)20(26)21-13-5-3-2-4-6-13)9-10-17(22-19)25-14-7-8-15(25)12-27-11-14;7-5-6-1-3-8-4-2-6;1-3-2/h9-10,13-15H,2-8,11-12H2,1H3,(H,21,26);6H,1-5,7H2;3H2,1-2H3. The smallest absolute Gasteiger partial charge is 0.272 e. The van der Waals surface area contributed by atoms with Gasteiger partial charge in [-0.25, -0.2) is 9.67 Å². The summed E-state index contributed by atoms with van der Waals surface area (Å²) in [6.07, 6.45) is 11.7. The number of nitrogens with zero attached hydrogens (tertiary/aromatic N) is 4. The largest absolute Gasteiger partial charge is 0.381 e. The molecule has 0 radical (unpaired) electrons. The Labute approximate surface area is 227 Å². The van der Waals surface area contributed by atoms with E-state index in [-0.39, 0.29) is 11.9 Å². The molecule has 2 unspecified atom stereocenters. The highest BCUT2D eigenvalue weighted by Crippen LogP contribution is 2.34. The molecule has 4 aliphatic rings. The van der Waals surface area contributed by atoms with Crippen LogP contribution in [0, 0.1) is 5.92 Å². The van der Waals surface area contributed by atoms with Gasteiger partial charge in [0.05, 0.1) is 30.7 Å². The third-order valence-corrected chi connectivity index (χ3v) is 8.01. The molecular formula is C29H48N6O3. The number of nitrogens with one attached hydrogen (secondary N) is 1. The molecule has 9 heteroatoms. The van der Waals surface area contributed by atoms with Gasteiger partial charge >= 0.3 is 0 Å². The number of aromatic nitrogens is 3. The molecular weight excluding hydrogens is 480 g/mol. The molecule has 2 aromatic heterocycles. The van der Waals surface area contributed by atoms with E-state index in [9.17, 15) is 4.79 Å². The maximum atomic E-state index is 12.8. The molecule has 4 fully saturated rings. The Bertz CT molecular complexity index is 999. The number of rotatable bonds is 4. The van der Waals surface area contributed by atoms with Crippen molar-refractivity contribution in [3.05, 3.63) is 17.8 Å². The number of amides is 1.